The smallest absolute Gasteiger partial charge is 0.212 e. The fourth-order valence-corrected chi connectivity index (χ4v) is 2.36. The standard InChI is InChI=1S/C17H15FN2O/c1-21-16-8-6-12-4-2-3-5-14(12)15(16)11-19-13-7-9-17(18)20-10-13/h2-10,19H,11H2,1H3. The summed E-state index contributed by atoms with van der Waals surface area (Å²) < 4.78 is 18.3. The molecule has 0 aliphatic heterocycles. The molecule has 0 bridgehead atoms. The number of aromatic nitrogens is 1. The summed E-state index contributed by atoms with van der Waals surface area (Å²) in [5.74, 6) is 0.347. The third-order valence-corrected chi connectivity index (χ3v) is 3.41. The summed E-state index contributed by atoms with van der Waals surface area (Å²) >= 11 is 0. The highest BCUT2D eigenvalue weighted by Gasteiger charge is 2.08. The Kier molecular flexibility index (Phi) is 3.69. The molecule has 0 saturated carbocycles. The summed E-state index contributed by atoms with van der Waals surface area (Å²) in [6.07, 6.45) is 1.48. The van der Waals surface area contributed by atoms with Crippen LogP contribution in [0.5, 0.6) is 5.75 Å². The normalized spacial score (nSPS) is 10.6. The first kappa shape index (κ1) is 13.4. The number of fused-ring (bicyclic) bond motifs is 1. The van der Waals surface area contributed by atoms with Gasteiger partial charge in [-0.25, -0.2) is 4.98 Å². The van der Waals surface area contributed by atoms with Gasteiger partial charge in [0, 0.05) is 12.1 Å². The van der Waals surface area contributed by atoms with Crippen molar-refractivity contribution in [2.45, 2.75) is 6.54 Å². The molecule has 0 aliphatic carbocycles. The minimum absolute atomic E-state index is 0.483. The molecule has 106 valence electrons. The molecule has 1 heterocycles. The van der Waals surface area contributed by atoms with Crippen LogP contribution < -0.4 is 10.1 Å². The number of hydrogen-bond donors (Lipinski definition) is 1. The predicted octanol–water partition coefficient (Wildman–Crippen LogP) is 3.99. The number of nitrogens with one attached hydrogen (secondary N) is 1. The topological polar surface area (TPSA) is 34.1 Å². The molecule has 0 unspecified atom stereocenters. The molecule has 0 saturated heterocycles. The number of ether oxygens (including phenoxy) is 1. The Morgan fingerprint density at radius 1 is 1.10 bits per heavy atom. The molecule has 0 aliphatic rings. The second-order valence-electron chi connectivity index (χ2n) is 4.69. The third kappa shape index (κ3) is 2.79. The van der Waals surface area contributed by atoms with Gasteiger partial charge in [0.25, 0.3) is 0 Å². The van der Waals surface area contributed by atoms with E-state index >= 15 is 0 Å². The SMILES string of the molecule is COc1ccc2ccccc2c1CNc1ccc(F)nc1. The van der Waals surface area contributed by atoms with Crippen molar-refractivity contribution in [3.8, 4) is 5.75 Å². The first-order valence-electron chi connectivity index (χ1n) is 6.68. The Hall–Kier alpha value is -2.62. The second kappa shape index (κ2) is 5.79. The van der Waals surface area contributed by atoms with Gasteiger partial charge in [-0.1, -0.05) is 30.3 Å². The van der Waals surface area contributed by atoms with E-state index in [0.29, 0.717) is 6.54 Å². The zero-order valence-corrected chi connectivity index (χ0v) is 11.6. The van der Waals surface area contributed by atoms with E-state index in [4.69, 9.17) is 4.74 Å². The molecule has 2 aromatic carbocycles. The van der Waals surface area contributed by atoms with E-state index in [9.17, 15) is 4.39 Å². The van der Waals surface area contributed by atoms with E-state index < -0.39 is 5.95 Å². The predicted molar refractivity (Wildman–Crippen MR) is 82.0 cm³/mol. The summed E-state index contributed by atoms with van der Waals surface area (Å²) in [6, 6.07) is 15.2. The van der Waals surface area contributed by atoms with Crippen LogP contribution in [0.3, 0.4) is 0 Å². The lowest BCUT2D eigenvalue weighted by Crippen LogP contribution is -2.03. The van der Waals surface area contributed by atoms with Gasteiger partial charge in [-0.15, -0.1) is 0 Å². The second-order valence-corrected chi connectivity index (χ2v) is 4.69. The molecule has 4 heteroatoms. The van der Waals surface area contributed by atoms with Gasteiger partial charge in [-0.3, -0.25) is 0 Å². The van der Waals surface area contributed by atoms with Gasteiger partial charge in [-0.05, 0) is 29.0 Å². The Bertz CT molecular complexity index is 756. The van der Waals surface area contributed by atoms with Crippen molar-refractivity contribution >= 4 is 16.5 Å². The maximum atomic E-state index is 12.8. The zero-order chi connectivity index (χ0) is 14.7. The molecule has 0 radical (unpaired) electrons. The number of nitrogens with zero attached hydrogens (tertiary/aromatic N) is 1. The molecular weight excluding hydrogens is 267 g/mol. The Morgan fingerprint density at radius 3 is 2.71 bits per heavy atom. The number of rotatable bonds is 4. The largest absolute Gasteiger partial charge is 0.496 e. The molecule has 3 aromatic rings. The van der Waals surface area contributed by atoms with Gasteiger partial charge in [0.2, 0.25) is 5.95 Å². The van der Waals surface area contributed by atoms with E-state index in [-0.39, 0.29) is 0 Å². The third-order valence-electron chi connectivity index (χ3n) is 3.41. The van der Waals surface area contributed by atoms with Crippen LogP contribution in [0.25, 0.3) is 10.8 Å². The number of pyridine rings is 1. The highest BCUT2D eigenvalue weighted by Crippen LogP contribution is 2.28. The van der Waals surface area contributed by atoms with Crippen molar-refractivity contribution in [2.24, 2.45) is 0 Å². The fourth-order valence-electron chi connectivity index (χ4n) is 2.36. The summed E-state index contributed by atoms with van der Waals surface area (Å²) in [6.45, 7) is 0.581. The first-order chi connectivity index (χ1) is 10.3. The Labute approximate surface area is 122 Å². The highest BCUT2D eigenvalue weighted by molar-refractivity contribution is 5.88. The first-order valence-corrected chi connectivity index (χ1v) is 6.68. The van der Waals surface area contributed by atoms with Crippen LogP contribution in [0.4, 0.5) is 10.1 Å². The van der Waals surface area contributed by atoms with E-state index in [0.717, 1.165) is 27.8 Å². The highest BCUT2D eigenvalue weighted by atomic mass is 19.1. The Balaban J connectivity index is 1.93. The fraction of sp³-hybridized carbons (Fsp3) is 0.118. The van der Waals surface area contributed by atoms with Gasteiger partial charge in [0.1, 0.15) is 5.75 Å². The van der Waals surface area contributed by atoms with Gasteiger partial charge in [0.15, 0.2) is 0 Å². The maximum Gasteiger partial charge on any atom is 0.212 e. The minimum Gasteiger partial charge on any atom is -0.496 e. The van der Waals surface area contributed by atoms with E-state index in [2.05, 4.69) is 22.4 Å². The number of hydrogen-bond acceptors (Lipinski definition) is 3. The zero-order valence-electron chi connectivity index (χ0n) is 11.6. The van der Waals surface area contributed by atoms with Gasteiger partial charge in [-0.2, -0.15) is 4.39 Å². The van der Waals surface area contributed by atoms with Gasteiger partial charge >= 0.3 is 0 Å². The van der Waals surface area contributed by atoms with Crippen molar-refractivity contribution < 1.29 is 9.13 Å². The van der Waals surface area contributed by atoms with Crippen LogP contribution >= 0.6 is 0 Å². The quantitative estimate of drug-likeness (QED) is 0.735. The average molecular weight is 282 g/mol. The molecule has 0 amide bonds. The number of benzene rings is 2. The lowest BCUT2D eigenvalue weighted by molar-refractivity contribution is 0.411. The summed E-state index contributed by atoms with van der Waals surface area (Å²) in [4.78, 5) is 3.64. The molecule has 0 atom stereocenters. The minimum atomic E-state index is -0.483. The van der Waals surface area contributed by atoms with Crippen LogP contribution in [0.15, 0.2) is 54.7 Å². The molecule has 21 heavy (non-hydrogen) atoms. The number of anilines is 1. The van der Waals surface area contributed by atoms with E-state index in [1.807, 2.05) is 24.3 Å². The summed E-state index contributed by atoms with van der Waals surface area (Å²) in [5.41, 5.74) is 1.84. The van der Waals surface area contributed by atoms with E-state index in [1.54, 1.807) is 13.2 Å². The monoisotopic (exact) mass is 282 g/mol. The Morgan fingerprint density at radius 2 is 1.95 bits per heavy atom. The lowest BCUT2D eigenvalue weighted by Gasteiger charge is -2.13. The maximum absolute atomic E-state index is 12.8. The van der Waals surface area contributed by atoms with Crippen LogP contribution in [0.2, 0.25) is 0 Å². The molecule has 0 fully saturated rings. The summed E-state index contributed by atoms with van der Waals surface area (Å²) in [5, 5.41) is 5.54. The van der Waals surface area contributed by atoms with Crippen molar-refractivity contribution in [3.63, 3.8) is 0 Å². The van der Waals surface area contributed by atoms with Crippen LogP contribution in [-0.4, -0.2) is 12.1 Å². The van der Waals surface area contributed by atoms with Crippen LogP contribution in [0.1, 0.15) is 5.56 Å². The van der Waals surface area contributed by atoms with Gasteiger partial charge < -0.3 is 10.1 Å². The summed E-state index contributed by atoms with van der Waals surface area (Å²) in [7, 11) is 1.66. The van der Waals surface area contributed by atoms with Gasteiger partial charge in [0.05, 0.1) is 19.0 Å². The molecule has 3 nitrogen and oxygen atoms in total. The molecule has 3 rings (SSSR count). The van der Waals surface area contributed by atoms with Crippen molar-refractivity contribution in [2.75, 3.05) is 12.4 Å². The number of methoxy groups -OCH3 is 1. The molecule has 1 N–H and O–H groups in total. The molecule has 0 spiro atoms. The lowest BCUT2D eigenvalue weighted by atomic mass is 10.0. The molecular formula is C17H15FN2O. The van der Waals surface area contributed by atoms with Crippen molar-refractivity contribution in [1.29, 1.82) is 0 Å². The van der Waals surface area contributed by atoms with Crippen molar-refractivity contribution in [1.82, 2.24) is 4.98 Å². The molecule has 1 aromatic heterocycles. The number of halogens is 1. The van der Waals surface area contributed by atoms with Crippen LogP contribution in [0, 0.1) is 5.95 Å². The van der Waals surface area contributed by atoms with Crippen molar-refractivity contribution in [3.05, 3.63) is 66.2 Å². The average Bonchev–Trinajstić information content (AvgIpc) is 2.54. The van der Waals surface area contributed by atoms with Crippen LogP contribution in [-0.2, 0) is 6.54 Å². The van der Waals surface area contributed by atoms with E-state index in [1.165, 1.54) is 12.3 Å².